The van der Waals surface area contributed by atoms with Crippen LogP contribution in [0.3, 0.4) is 0 Å². The number of hydrogen-bond donors (Lipinski definition) is 2. The minimum absolute atomic E-state index is 0.0655. The molecule has 0 radical (unpaired) electrons. The lowest BCUT2D eigenvalue weighted by molar-refractivity contribution is -0.155. The Balaban J connectivity index is 1.70. The zero-order valence-corrected chi connectivity index (χ0v) is 18.6. The Hall–Kier alpha value is -3.39. The summed E-state index contributed by atoms with van der Waals surface area (Å²) in [6, 6.07) is 15.9. The van der Waals surface area contributed by atoms with Gasteiger partial charge in [0.15, 0.2) is 5.92 Å². The molecule has 0 saturated carbocycles. The summed E-state index contributed by atoms with van der Waals surface area (Å²) >= 11 is 0. The van der Waals surface area contributed by atoms with Gasteiger partial charge in [-0.15, -0.1) is 0 Å². The van der Waals surface area contributed by atoms with E-state index < -0.39 is 29.5 Å². The Morgan fingerprint density at radius 1 is 0.969 bits per heavy atom. The van der Waals surface area contributed by atoms with Gasteiger partial charge >= 0.3 is 12.1 Å². The highest BCUT2D eigenvalue weighted by Crippen LogP contribution is 2.44. The second-order valence-corrected chi connectivity index (χ2v) is 8.46. The second-order valence-electron chi connectivity index (χ2n) is 8.46. The van der Waals surface area contributed by atoms with Gasteiger partial charge < -0.3 is 14.8 Å². The van der Waals surface area contributed by atoms with Crippen LogP contribution in [0.1, 0.15) is 37.8 Å². The average Bonchev–Trinajstić information content (AvgIpc) is 3.05. The fourth-order valence-electron chi connectivity index (χ4n) is 3.66. The molecular weight excluding hydrogens is 412 g/mol. The van der Waals surface area contributed by atoms with Crippen LogP contribution in [0.2, 0.25) is 0 Å². The van der Waals surface area contributed by atoms with Crippen molar-refractivity contribution in [2.24, 2.45) is 5.92 Å². The predicted molar refractivity (Wildman–Crippen MR) is 118 cm³/mol. The van der Waals surface area contributed by atoms with Crippen molar-refractivity contribution in [3.8, 4) is 11.1 Å². The molecular formula is C24H28N2O6. The number of amides is 2. The predicted octanol–water partition coefficient (Wildman–Crippen LogP) is 3.16. The average molecular weight is 440 g/mol. The molecule has 2 aromatic rings. The topological polar surface area (TPSA) is 103 Å². The van der Waals surface area contributed by atoms with E-state index in [4.69, 9.17) is 9.47 Å². The summed E-state index contributed by atoms with van der Waals surface area (Å²) in [5, 5.41) is 2.44. The third-order valence-electron chi connectivity index (χ3n) is 5.01. The maximum Gasteiger partial charge on any atom is 0.407 e. The molecule has 0 bridgehead atoms. The van der Waals surface area contributed by atoms with Crippen LogP contribution in [0.15, 0.2) is 48.5 Å². The highest BCUT2D eigenvalue weighted by atomic mass is 16.6. The van der Waals surface area contributed by atoms with E-state index in [0.29, 0.717) is 0 Å². The number of hydroxylamine groups is 1. The highest BCUT2D eigenvalue weighted by Gasteiger charge is 2.33. The monoisotopic (exact) mass is 440 g/mol. The molecule has 0 heterocycles. The molecule has 170 valence electrons. The van der Waals surface area contributed by atoms with Crippen LogP contribution in [0.4, 0.5) is 4.79 Å². The maximum absolute atomic E-state index is 12.8. The summed E-state index contributed by atoms with van der Waals surface area (Å²) in [5.41, 5.74) is 5.74. The van der Waals surface area contributed by atoms with Gasteiger partial charge in [-0.05, 0) is 43.0 Å². The van der Waals surface area contributed by atoms with Crippen molar-refractivity contribution in [1.29, 1.82) is 0 Å². The number of benzene rings is 2. The van der Waals surface area contributed by atoms with E-state index in [2.05, 4.69) is 15.6 Å². The van der Waals surface area contributed by atoms with Gasteiger partial charge in [0.25, 0.3) is 5.91 Å². The zero-order chi connectivity index (χ0) is 23.3. The lowest BCUT2D eigenvalue weighted by Gasteiger charge is -2.21. The number of carbonyl (C=O) groups is 3. The van der Waals surface area contributed by atoms with Gasteiger partial charge in [-0.1, -0.05) is 48.5 Å². The minimum atomic E-state index is -1.30. The van der Waals surface area contributed by atoms with E-state index in [9.17, 15) is 14.4 Å². The molecule has 8 heteroatoms. The van der Waals surface area contributed by atoms with Gasteiger partial charge in [-0.3, -0.25) is 14.4 Å². The number of rotatable bonds is 7. The Kier molecular flexibility index (Phi) is 7.15. The third-order valence-corrected chi connectivity index (χ3v) is 5.01. The van der Waals surface area contributed by atoms with Crippen molar-refractivity contribution >= 4 is 18.0 Å². The van der Waals surface area contributed by atoms with Crippen molar-refractivity contribution in [2.45, 2.75) is 32.3 Å². The number of esters is 1. The van der Waals surface area contributed by atoms with Crippen molar-refractivity contribution in [1.82, 2.24) is 10.8 Å². The smallest absolute Gasteiger partial charge is 0.407 e. The normalized spacial score (nSPS) is 13.5. The molecule has 0 saturated heterocycles. The van der Waals surface area contributed by atoms with Crippen LogP contribution in [0.5, 0.6) is 0 Å². The number of alkyl carbamates (subject to hydrolysis) is 1. The summed E-state index contributed by atoms with van der Waals surface area (Å²) in [7, 11) is 1.26. The lowest BCUT2D eigenvalue weighted by atomic mass is 9.98. The van der Waals surface area contributed by atoms with E-state index in [1.165, 1.54) is 7.11 Å². The van der Waals surface area contributed by atoms with Crippen molar-refractivity contribution in [3.05, 3.63) is 59.7 Å². The summed E-state index contributed by atoms with van der Waals surface area (Å²) in [6.45, 7) is 4.92. The molecule has 0 aliphatic heterocycles. The maximum atomic E-state index is 12.8. The molecule has 2 amide bonds. The summed E-state index contributed by atoms with van der Waals surface area (Å²) < 4.78 is 10.7. The van der Waals surface area contributed by atoms with Gasteiger partial charge in [-0.25, -0.2) is 10.3 Å². The standard InChI is InChI=1S/C24H28N2O6/c1-24(2,3)32-23(29)25-13-19(21(27)26-30-4)22(28)31-14-20-17-11-7-5-9-15(17)16-10-6-8-12-18(16)20/h5-12,19-20H,13-14H2,1-4H3,(H,25,29)(H,26,27)/t19-/m0/s1. The van der Waals surface area contributed by atoms with Gasteiger partial charge in [0.2, 0.25) is 0 Å². The summed E-state index contributed by atoms with van der Waals surface area (Å²) in [6.07, 6.45) is -0.737. The highest BCUT2D eigenvalue weighted by molar-refractivity contribution is 5.98. The van der Waals surface area contributed by atoms with E-state index in [1.807, 2.05) is 48.5 Å². The Morgan fingerprint density at radius 3 is 2.06 bits per heavy atom. The van der Waals surface area contributed by atoms with Gasteiger partial charge in [-0.2, -0.15) is 0 Å². The second kappa shape index (κ2) is 9.82. The molecule has 1 aliphatic rings. The molecule has 32 heavy (non-hydrogen) atoms. The fraction of sp³-hybridized carbons (Fsp3) is 0.375. The fourth-order valence-corrected chi connectivity index (χ4v) is 3.66. The van der Waals surface area contributed by atoms with Gasteiger partial charge in [0.05, 0.1) is 7.11 Å². The molecule has 2 N–H and O–H groups in total. The molecule has 3 rings (SSSR count). The zero-order valence-electron chi connectivity index (χ0n) is 18.6. The Morgan fingerprint density at radius 2 is 1.53 bits per heavy atom. The van der Waals surface area contributed by atoms with E-state index >= 15 is 0 Å². The van der Waals surface area contributed by atoms with E-state index in [-0.39, 0.29) is 19.1 Å². The Labute approximate surface area is 187 Å². The van der Waals surface area contributed by atoms with Crippen molar-refractivity contribution < 1.29 is 28.7 Å². The number of carbonyl (C=O) groups excluding carboxylic acids is 3. The molecule has 0 spiro atoms. The van der Waals surface area contributed by atoms with Crippen LogP contribution in [-0.2, 0) is 23.9 Å². The molecule has 0 unspecified atom stereocenters. The van der Waals surface area contributed by atoms with Crippen LogP contribution in [0, 0.1) is 5.92 Å². The number of fused-ring (bicyclic) bond motifs is 3. The van der Waals surface area contributed by atoms with Crippen molar-refractivity contribution in [3.63, 3.8) is 0 Å². The van der Waals surface area contributed by atoms with Crippen molar-refractivity contribution in [2.75, 3.05) is 20.3 Å². The molecule has 2 aromatic carbocycles. The SMILES string of the molecule is CONC(=O)[C@H](CNC(=O)OC(C)(C)C)C(=O)OCC1c2ccccc2-c2ccccc21. The lowest BCUT2D eigenvalue weighted by Crippen LogP contribution is -2.44. The quantitative estimate of drug-likeness (QED) is 0.390. The first-order chi connectivity index (χ1) is 15.2. The van der Waals surface area contributed by atoms with Gasteiger partial charge in [0.1, 0.15) is 12.2 Å². The number of hydrogen-bond acceptors (Lipinski definition) is 6. The summed E-state index contributed by atoms with van der Waals surface area (Å²) in [5.74, 6) is -2.93. The molecule has 0 fully saturated rings. The summed E-state index contributed by atoms with van der Waals surface area (Å²) in [4.78, 5) is 41.8. The first kappa shape index (κ1) is 23.3. The van der Waals surface area contributed by atoms with Crippen LogP contribution >= 0.6 is 0 Å². The van der Waals surface area contributed by atoms with E-state index in [0.717, 1.165) is 22.3 Å². The first-order valence-electron chi connectivity index (χ1n) is 10.4. The van der Waals surface area contributed by atoms with Crippen LogP contribution in [0.25, 0.3) is 11.1 Å². The number of nitrogens with one attached hydrogen (secondary N) is 2. The third kappa shape index (κ3) is 5.45. The molecule has 8 nitrogen and oxygen atoms in total. The molecule has 1 aliphatic carbocycles. The molecule has 0 aromatic heterocycles. The minimum Gasteiger partial charge on any atom is -0.464 e. The largest absolute Gasteiger partial charge is 0.464 e. The van der Waals surface area contributed by atoms with Crippen LogP contribution in [-0.4, -0.2) is 43.8 Å². The van der Waals surface area contributed by atoms with Gasteiger partial charge in [0, 0.05) is 12.5 Å². The Bertz CT molecular complexity index is 952. The van der Waals surface area contributed by atoms with Crippen LogP contribution < -0.4 is 10.8 Å². The molecule has 1 atom stereocenters. The number of ether oxygens (including phenoxy) is 2. The van der Waals surface area contributed by atoms with E-state index in [1.54, 1.807) is 20.8 Å². The first-order valence-corrected chi connectivity index (χ1v) is 10.4.